The van der Waals surface area contributed by atoms with Gasteiger partial charge in [-0.25, -0.2) is 0 Å². The maximum Gasteiger partial charge on any atom is 0.0795 e. The van der Waals surface area contributed by atoms with Crippen LogP contribution in [0.1, 0.15) is 5.56 Å². The third-order valence-electron chi connectivity index (χ3n) is 1.68. The molecule has 0 amide bonds. The van der Waals surface area contributed by atoms with Crippen molar-refractivity contribution in [2.45, 2.75) is 20.0 Å². The van der Waals surface area contributed by atoms with Gasteiger partial charge in [-0.15, -0.1) is 0 Å². The van der Waals surface area contributed by atoms with Gasteiger partial charge in [0.15, 0.2) is 0 Å². The molecule has 1 aromatic carbocycles. The average molecular weight is 149 g/mol. The summed E-state index contributed by atoms with van der Waals surface area (Å²) < 4.78 is 0. The van der Waals surface area contributed by atoms with Gasteiger partial charge in [-0.05, 0) is 6.92 Å². The highest BCUT2D eigenvalue weighted by Gasteiger charge is 2.01. The van der Waals surface area contributed by atoms with Gasteiger partial charge in [-0.1, -0.05) is 48.1 Å². The molecule has 0 unspecified atom stereocenters. The van der Waals surface area contributed by atoms with Crippen molar-refractivity contribution in [2.75, 3.05) is 0 Å². The first-order valence-corrected chi connectivity index (χ1v) is 6.08. The van der Waals surface area contributed by atoms with Crippen LogP contribution in [0.5, 0.6) is 0 Å². The molecular weight excluding hydrogens is 136 g/mol. The van der Waals surface area contributed by atoms with E-state index in [1.54, 1.807) is 5.19 Å². The van der Waals surface area contributed by atoms with Crippen LogP contribution in [0.3, 0.4) is 0 Å². The zero-order valence-electron chi connectivity index (χ0n) is 6.81. The molecule has 0 bridgehead atoms. The van der Waals surface area contributed by atoms with Gasteiger partial charge in [-0.2, -0.15) is 0 Å². The number of aryl methyl sites for hydroxylation is 1. The Balaban J connectivity index is 3.03. The summed E-state index contributed by atoms with van der Waals surface area (Å²) in [6.07, 6.45) is 0. The van der Waals surface area contributed by atoms with Crippen LogP contribution >= 0.6 is 0 Å². The second kappa shape index (κ2) is 3.02. The first-order valence-electron chi connectivity index (χ1n) is 3.58. The molecule has 1 aromatic rings. The molecule has 0 aliphatic rings. The van der Waals surface area contributed by atoms with E-state index in [9.17, 15) is 0 Å². The van der Waals surface area contributed by atoms with Crippen molar-refractivity contribution in [2.24, 2.45) is 0 Å². The smallest absolute Gasteiger partial charge is 0.0671 e. The maximum absolute atomic E-state index is 2.33. The van der Waals surface area contributed by atoms with Gasteiger partial charge in [0.2, 0.25) is 0 Å². The van der Waals surface area contributed by atoms with Gasteiger partial charge in [0.1, 0.15) is 0 Å². The third-order valence-corrected chi connectivity index (χ3v) is 3.32. The standard InChI is InChI=1S/C9H13Si/c1-8-6-4-5-7-9(8)10(2)3/h4-7H,1-3H3. The second-order valence-electron chi connectivity index (χ2n) is 2.81. The highest BCUT2D eigenvalue weighted by atomic mass is 28.3. The molecule has 0 spiro atoms. The summed E-state index contributed by atoms with van der Waals surface area (Å²) in [7, 11) is -0.242. The van der Waals surface area contributed by atoms with Crippen molar-refractivity contribution in [3.8, 4) is 0 Å². The van der Waals surface area contributed by atoms with Crippen LogP contribution in [0, 0.1) is 6.92 Å². The van der Waals surface area contributed by atoms with Crippen LogP contribution in [-0.2, 0) is 0 Å². The van der Waals surface area contributed by atoms with Crippen LogP contribution in [0.25, 0.3) is 0 Å². The first kappa shape index (κ1) is 7.54. The molecule has 53 valence electrons. The van der Waals surface area contributed by atoms with Crippen LogP contribution in [0.4, 0.5) is 0 Å². The Labute approximate surface area is 64.5 Å². The second-order valence-corrected chi connectivity index (χ2v) is 5.35. The first-order chi connectivity index (χ1) is 4.72. The lowest BCUT2D eigenvalue weighted by Crippen LogP contribution is -2.24. The summed E-state index contributed by atoms with van der Waals surface area (Å²) in [6, 6.07) is 8.65. The van der Waals surface area contributed by atoms with E-state index >= 15 is 0 Å². The molecule has 0 aliphatic heterocycles. The molecule has 0 nitrogen and oxygen atoms in total. The minimum absolute atomic E-state index is 0.242. The molecule has 0 fully saturated rings. The largest absolute Gasteiger partial charge is 0.0795 e. The van der Waals surface area contributed by atoms with Crippen LogP contribution in [-0.4, -0.2) is 8.80 Å². The monoisotopic (exact) mass is 149 g/mol. The van der Waals surface area contributed by atoms with E-state index < -0.39 is 0 Å². The normalized spacial score (nSPS) is 10.4. The Bertz CT molecular complexity index is 216. The molecule has 0 heterocycles. The highest BCUT2D eigenvalue weighted by molar-refractivity contribution is 6.71. The Morgan fingerprint density at radius 3 is 2.10 bits per heavy atom. The summed E-state index contributed by atoms with van der Waals surface area (Å²) in [6.45, 7) is 6.84. The van der Waals surface area contributed by atoms with Gasteiger partial charge < -0.3 is 0 Å². The Kier molecular flexibility index (Phi) is 2.28. The topological polar surface area (TPSA) is 0 Å². The van der Waals surface area contributed by atoms with Crippen molar-refractivity contribution in [1.82, 2.24) is 0 Å². The van der Waals surface area contributed by atoms with E-state index in [1.807, 2.05) is 0 Å². The lowest BCUT2D eigenvalue weighted by molar-refractivity contribution is 1.51. The summed E-state index contributed by atoms with van der Waals surface area (Å²) in [4.78, 5) is 0. The Morgan fingerprint density at radius 2 is 1.70 bits per heavy atom. The van der Waals surface area contributed by atoms with Crippen LogP contribution < -0.4 is 5.19 Å². The molecular formula is C9H13Si. The zero-order chi connectivity index (χ0) is 7.56. The molecule has 0 saturated carbocycles. The van der Waals surface area contributed by atoms with Gasteiger partial charge >= 0.3 is 0 Å². The fraction of sp³-hybridized carbons (Fsp3) is 0.333. The molecule has 0 aliphatic carbocycles. The molecule has 1 radical (unpaired) electrons. The summed E-state index contributed by atoms with van der Waals surface area (Å²) in [5, 5.41) is 1.56. The fourth-order valence-corrected chi connectivity index (χ4v) is 2.44. The van der Waals surface area contributed by atoms with E-state index in [2.05, 4.69) is 44.3 Å². The number of benzene rings is 1. The number of hydrogen-bond acceptors (Lipinski definition) is 0. The molecule has 10 heavy (non-hydrogen) atoms. The molecule has 0 saturated heterocycles. The molecule has 1 rings (SSSR count). The minimum atomic E-state index is -0.242. The van der Waals surface area contributed by atoms with Gasteiger partial charge in [0, 0.05) is 0 Å². The van der Waals surface area contributed by atoms with E-state index in [4.69, 9.17) is 0 Å². The predicted octanol–water partition coefficient (Wildman–Crippen LogP) is 1.96. The van der Waals surface area contributed by atoms with Crippen molar-refractivity contribution < 1.29 is 0 Å². The Morgan fingerprint density at radius 1 is 1.10 bits per heavy atom. The summed E-state index contributed by atoms with van der Waals surface area (Å²) in [5.41, 5.74) is 1.45. The summed E-state index contributed by atoms with van der Waals surface area (Å²) in [5.74, 6) is 0. The van der Waals surface area contributed by atoms with E-state index in [1.165, 1.54) is 5.56 Å². The predicted molar refractivity (Wildman–Crippen MR) is 48.3 cm³/mol. The van der Waals surface area contributed by atoms with E-state index in [0.717, 1.165) is 0 Å². The zero-order valence-corrected chi connectivity index (χ0v) is 7.81. The maximum atomic E-state index is 2.33. The third kappa shape index (κ3) is 1.48. The molecule has 0 aromatic heterocycles. The highest BCUT2D eigenvalue weighted by Crippen LogP contribution is 1.95. The van der Waals surface area contributed by atoms with Crippen molar-refractivity contribution in [3.63, 3.8) is 0 Å². The van der Waals surface area contributed by atoms with Crippen molar-refractivity contribution >= 4 is 14.0 Å². The Hall–Kier alpha value is -0.563. The van der Waals surface area contributed by atoms with Gasteiger partial charge in [-0.3, -0.25) is 0 Å². The number of hydrogen-bond donors (Lipinski definition) is 0. The molecule has 0 N–H and O–H groups in total. The number of rotatable bonds is 1. The van der Waals surface area contributed by atoms with Gasteiger partial charge in [0.05, 0.1) is 8.80 Å². The van der Waals surface area contributed by atoms with Crippen LogP contribution in [0.2, 0.25) is 13.1 Å². The van der Waals surface area contributed by atoms with Gasteiger partial charge in [0.25, 0.3) is 0 Å². The average Bonchev–Trinajstić information content (AvgIpc) is 1.88. The molecule has 0 atom stereocenters. The SMILES string of the molecule is Cc1ccccc1[Si](C)C. The fourth-order valence-electron chi connectivity index (χ4n) is 1.13. The molecule has 1 heteroatoms. The minimum Gasteiger partial charge on any atom is -0.0671 e. The van der Waals surface area contributed by atoms with E-state index in [0.29, 0.717) is 0 Å². The van der Waals surface area contributed by atoms with E-state index in [-0.39, 0.29) is 8.80 Å². The van der Waals surface area contributed by atoms with Crippen LogP contribution in [0.15, 0.2) is 24.3 Å². The lowest BCUT2D eigenvalue weighted by Gasteiger charge is -2.05. The van der Waals surface area contributed by atoms with Crippen molar-refractivity contribution in [3.05, 3.63) is 29.8 Å². The lowest BCUT2D eigenvalue weighted by atomic mass is 10.2. The quantitative estimate of drug-likeness (QED) is 0.535. The summed E-state index contributed by atoms with van der Waals surface area (Å²) >= 11 is 0. The van der Waals surface area contributed by atoms with Crippen molar-refractivity contribution in [1.29, 1.82) is 0 Å².